The van der Waals surface area contributed by atoms with E-state index in [4.69, 9.17) is 18.5 Å². The van der Waals surface area contributed by atoms with E-state index in [9.17, 15) is 9.59 Å². The molecule has 0 radical (unpaired) electrons. The highest BCUT2D eigenvalue weighted by molar-refractivity contribution is 6.02. The van der Waals surface area contributed by atoms with Crippen molar-refractivity contribution in [2.45, 2.75) is 27.7 Å². The van der Waals surface area contributed by atoms with Crippen molar-refractivity contribution in [1.29, 1.82) is 0 Å². The van der Waals surface area contributed by atoms with Crippen molar-refractivity contribution >= 4 is 11.9 Å². The minimum Gasteiger partial charge on any atom is -0.462 e. The third-order valence-electron chi connectivity index (χ3n) is 2.91. The molecule has 0 saturated heterocycles. The zero-order valence-corrected chi connectivity index (χ0v) is 12.8. The van der Waals surface area contributed by atoms with Crippen LogP contribution in [0, 0.1) is 13.8 Å². The molecule has 2 aromatic rings. The van der Waals surface area contributed by atoms with Crippen LogP contribution >= 0.6 is 0 Å². The minimum absolute atomic E-state index is 0.0934. The van der Waals surface area contributed by atoms with Crippen LogP contribution in [0.4, 0.5) is 0 Å². The lowest BCUT2D eigenvalue weighted by Gasteiger charge is -2.03. The zero-order chi connectivity index (χ0) is 16.3. The number of ether oxygens (including phenoxy) is 2. The van der Waals surface area contributed by atoms with Crippen LogP contribution in [-0.2, 0) is 9.47 Å². The monoisotopic (exact) mass is 308 g/mol. The number of carbonyl (C=O) groups is 2. The molecule has 0 unspecified atom stereocenters. The van der Waals surface area contributed by atoms with E-state index in [2.05, 4.69) is 10.3 Å². The van der Waals surface area contributed by atoms with Crippen LogP contribution in [0.15, 0.2) is 9.05 Å². The first kappa shape index (κ1) is 15.7. The number of rotatable bonds is 5. The Morgan fingerprint density at radius 3 is 1.55 bits per heavy atom. The van der Waals surface area contributed by atoms with Gasteiger partial charge in [0, 0.05) is 0 Å². The molecule has 0 atom stereocenters. The molecular weight excluding hydrogens is 292 g/mol. The number of esters is 2. The summed E-state index contributed by atoms with van der Waals surface area (Å²) >= 11 is 0. The third-order valence-corrected chi connectivity index (χ3v) is 2.91. The second-order valence-electron chi connectivity index (χ2n) is 4.37. The molecule has 2 rings (SSSR count). The van der Waals surface area contributed by atoms with Gasteiger partial charge in [-0.3, -0.25) is 0 Å². The number of aryl methyl sites for hydroxylation is 2. The Bertz CT molecular complexity index is 640. The molecule has 22 heavy (non-hydrogen) atoms. The van der Waals surface area contributed by atoms with Crippen molar-refractivity contribution in [2.75, 3.05) is 13.2 Å². The fourth-order valence-corrected chi connectivity index (χ4v) is 1.95. The number of hydrogen-bond acceptors (Lipinski definition) is 8. The standard InChI is InChI=1S/C14H16N2O6/c1-5-19-13(17)9-7(3)21-15-11(9)12-10(8(4)22-16-12)14(18)20-6-2/h5-6H2,1-4H3. The fourth-order valence-electron chi connectivity index (χ4n) is 1.95. The molecule has 118 valence electrons. The quantitative estimate of drug-likeness (QED) is 0.775. The molecule has 2 heterocycles. The van der Waals surface area contributed by atoms with Gasteiger partial charge in [-0.2, -0.15) is 0 Å². The summed E-state index contributed by atoms with van der Waals surface area (Å²) in [5.41, 5.74) is 0.410. The summed E-state index contributed by atoms with van der Waals surface area (Å²) in [6.45, 7) is 6.91. The maximum Gasteiger partial charge on any atom is 0.344 e. The molecule has 0 aliphatic carbocycles. The maximum atomic E-state index is 12.0. The molecule has 0 saturated carbocycles. The van der Waals surface area contributed by atoms with Gasteiger partial charge in [0.05, 0.1) is 13.2 Å². The van der Waals surface area contributed by atoms with Gasteiger partial charge < -0.3 is 18.5 Å². The van der Waals surface area contributed by atoms with Crippen LogP contribution in [0.25, 0.3) is 11.4 Å². The normalized spacial score (nSPS) is 10.5. The van der Waals surface area contributed by atoms with Crippen LogP contribution in [-0.4, -0.2) is 35.5 Å². The van der Waals surface area contributed by atoms with Gasteiger partial charge in [-0.15, -0.1) is 0 Å². The Hall–Kier alpha value is -2.64. The van der Waals surface area contributed by atoms with Crippen molar-refractivity contribution in [3.63, 3.8) is 0 Å². The highest BCUT2D eigenvalue weighted by Gasteiger charge is 2.31. The highest BCUT2D eigenvalue weighted by atomic mass is 16.5. The van der Waals surface area contributed by atoms with Crippen LogP contribution in [0.2, 0.25) is 0 Å². The van der Waals surface area contributed by atoms with Gasteiger partial charge in [-0.1, -0.05) is 10.3 Å². The lowest BCUT2D eigenvalue weighted by molar-refractivity contribution is 0.0513. The number of nitrogens with zero attached hydrogens (tertiary/aromatic N) is 2. The average molecular weight is 308 g/mol. The highest BCUT2D eigenvalue weighted by Crippen LogP contribution is 2.30. The molecule has 0 spiro atoms. The molecule has 0 bridgehead atoms. The topological polar surface area (TPSA) is 105 Å². The van der Waals surface area contributed by atoms with Crippen molar-refractivity contribution in [3.8, 4) is 11.4 Å². The molecule has 0 N–H and O–H groups in total. The molecule has 2 aromatic heterocycles. The summed E-state index contributed by atoms with van der Waals surface area (Å²) < 4.78 is 20.0. The van der Waals surface area contributed by atoms with Gasteiger partial charge in [0.2, 0.25) is 0 Å². The van der Waals surface area contributed by atoms with Crippen LogP contribution in [0.5, 0.6) is 0 Å². The van der Waals surface area contributed by atoms with Gasteiger partial charge in [-0.05, 0) is 27.7 Å². The van der Waals surface area contributed by atoms with E-state index >= 15 is 0 Å². The lowest BCUT2D eigenvalue weighted by Crippen LogP contribution is -2.10. The van der Waals surface area contributed by atoms with Crippen molar-refractivity contribution in [2.24, 2.45) is 0 Å². The number of carbonyl (C=O) groups excluding carboxylic acids is 2. The summed E-state index contributed by atoms with van der Waals surface area (Å²) in [6, 6.07) is 0. The number of aromatic nitrogens is 2. The molecule has 0 fully saturated rings. The molecule has 0 aliphatic heterocycles. The minimum atomic E-state index is -0.605. The smallest absolute Gasteiger partial charge is 0.344 e. The second kappa shape index (κ2) is 6.42. The van der Waals surface area contributed by atoms with Gasteiger partial charge >= 0.3 is 11.9 Å². The maximum absolute atomic E-state index is 12.0. The summed E-state index contributed by atoms with van der Waals surface area (Å²) in [5, 5.41) is 7.60. The predicted molar refractivity (Wildman–Crippen MR) is 73.4 cm³/mol. The Kier molecular flexibility index (Phi) is 4.59. The van der Waals surface area contributed by atoms with E-state index in [0.29, 0.717) is 0 Å². The van der Waals surface area contributed by atoms with Gasteiger partial charge in [0.1, 0.15) is 22.6 Å². The first-order valence-corrected chi connectivity index (χ1v) is 6.78. The van der Waals surface area contributed by atoms with Crippen LogP contribution < -0.4 is 0 Å². The van der Waals surface area contributed by atoms with E-state index in [1.54, 1.807) is 27.7 Å². The SMILES string of the molecule is CCOC(=O)c1c(-c2noc(C)c2C(=O)OCC)noc1C. The Morgan fingerprint density at radius 1 is 0.864 bits per heavy atom. The third kappa shape index (κ3) is 2.72. The summed E-state index contributed by atoms with van der Waals surface area (Å²) in [7, 11) is 0. The van der Waals surface area contributed by atoms with Crippen LogP contribution in [0.3, 0.4) is 0 Å². The van der Waals surface area contributed by atoms with Gasteiger partial charge in [-0.25, -0.2) is 9.59 Å². The van der Waals surface area contributed by atoms with Gasteiger partial charge in [0.15, 0.2) is 11.4 Å². The number of hydrogen-bond donors (Lipinski definition) is 0. The molecule has 0 aromatic carbocycles. The first-order valence-electron chi connectivity index (χ1n) is 6.78. The average Bonchev–Trinajstić information content (AvgIpc) is 3.02. The van der Waals surface area contributed by atoms with Crippen molar-refractivity contribution in [1.82, 2.24) is 10.3 Å². The summed E-state index contributed by atoms with van der Waals surface area (Å²) in [5.74, 6) is -0.675. The Labute approximate surface area is 126 Å². The van der Waals surface area contributed by atoms with E-state index < -0.39 is 11.9 Å². The first-order chi connectivity index (χ1) is 10.5. The Balaban J connectivity index is 2.54. The Morgan fingerprint density at radius 2 is 1.23 bits per heavy atom. The molecule has 8 nitrogen and oxygen atoms in total. The van der Waals surface area contributed by atoms with Crippen LogP contribution in [0.1, 0.15) is 46.1 Å². The van der Waals surface area contributed by atoms with Crippen molar-refractivity contribution in [3.05, 3.63) is 22.6 Å². The summed E-state index contributed by atoms with van der Waals surface area (Å²) in [6.07, 6.45) is 0. The zero-order valence-electron chi connectivity index (χ0n) is 12.8. The second-order valence-corrected chi connectivity index (χ2v) is 4.37. The molecule has 0 aliphatic rings. The van der Waals surface area contributed by atoms with E-state index in [1.807, 2.05) is 0 Å². The molecular formula is C14H16N2O6. The lowest BCUT2D eigenvalue weighted by atomic mass is 10.1. The largest absolute Gasteiger partial charge is 0.462 e. The van der Waals surface area contributed by atoms with E-state index in [1.165, 1.54) is 0 Å². The summed E-state index contributed by atoms with van der Waals surface area (Å²) in [4.78, 5) is 24.1. The molecule has 8 heteroatoms. The molecule has 0 amide bonds. The fraction of sp³-hybridized carbons (Fsp3) is 0.429. The van der Waals surface area contributed by atoms with E-state index in [0.717, 1.165) is 0 Å². The van der Waals surface area contributed by atoms with Crippen molar-refractivity contribution < 1.29 is 28.1 Å². The van der Waals surface area contributed by atoms with E-state index in [-0.39, 0.29) is 47.2 Å². The van der Waals surface area contributed by atoms with Gasteiger partial charge in [0.25, 0.3) is 0 Å². The predicted octanol–water partition coefficient (Wildman–Crippen LogP) is 2.30.